The van der Waals surface area contributed by atoms with Gasteiger partial charge in [-0.05, 0) is 0 Å². The molecular formula is C3H8N6O3. The van der Waals surface area contributed by atoms with Crippen LogP contribution in [0.25, 0.3) is 0 Å². The Labute approximate surface area is 66.7 Å². The molecule has 0 aliphatic carbocycles. The molecule has 0 aliphatic heterocycles. The lowest BCUT2D eigenvalue weighted by molar-refractivity contribution is -0.131. The van der Waals surface area contributed by atoms with Gasteiger partial charge in [-0.2, -0.15) is 0 Å². The summed E-state index contributed by atoms with van der Waals surface area (Å²) in [5, 5.41) is 30.0. The van der Waals surface area contributed by atoms with Crippen molar-refractivity contribution in [2.45, 2.75) is 0 Å². The molecule has 0 heterocycles. The van der Waals surface area contributed by atoms with Crippen LogP contribution in [0.2, 0.25) is 0 Å². The van der Waals surface area contributed by atoms with Crippen molar-refractivity contribution in [3.8, 4) is 0 Å². The van der Waals surface area contributed by atoms with Crippen LogP contribution in [0.15, 0.2) is 0 Å². The minimum Gasteiger partial charge on any atom is -0.463 e. The first kappa shape index (κ1) is 9.97. The number of nitrogens with two attached hydrogens (primary N) is 2. The minimum absolute atomic E-state index is 0.109. The van der Waals surface area contributed by atoms with Gasteiger partial charge in [0.2, 0.25) is 11.9 Å². The van der Waals surface area contributed by atoms with Crippen molar-refractivity contribution in [2.24, 2.45) is 11.5 Å². The lowest BCUT2D eigenvalue weighted by Gasteiger charge is -2.24. The summed E-state index contributed by atoms with van der Waals surface area (Å²) in [5.74, 6) is -1.94. The third-order valence-corrected chi connectivity index (χ3v) is 0.814. The quantitative estimate of drug-likeness (QED) is 0.147. The van der Waals surface area contributed by atoms with Gasteiger partial charge in [-0.25, -0.2) is 4.79 Å². The third kappa shape index (κ3) is 1.98. The third-order valence-electron chi connectivity index (χ3n) is 0.814. The number of hydrazine groups is 1. The van der Waals surface area contributed by atoms with E-state index < -0.39 is 18.0 Å². The summed E-state index contributed by atoms with van der Waals surface area (Å²) >= 11 is 0. The number of nitrogens with zero attached hydrogens (tertiary/aromatic N) is 2. The minimum atomic E-state index is -1.72. The largest absolute Gasteiger partial charge is 0.463 e. The summed E-state index contributed by atoms with van der Waals surface area (Å²) in [4.78, 5) is 10.2. The van der Waals surface area contributed by atoms with Crippen LogP contribution in [0, 0.1) is 10.8 Å². The average molecular weight is 176 g/mol. The number of carboxylic acid groups (broad SMARTS) is 1. The van der Waals surface area contributed by atoms with Crippen molar-refractivity contribution in [1.82, 2.24) is 10.2 Å². The van der Waals surface area contributed by atoms with E-state index in [1.165, 1.54) is 0 Å². The Morgan fingerprint density at radius 2 is 1.67 bits per heavy atom. The second-order valence-corrected chi connectivity index (χ2v) is 1.65. The Hall–Kier alpha value is -2.03. The highest BCUT2D eigenvalue weighted by atomic mass is 16.6. The van der Waals surface area contributed by atoms with Gasteiger partial charge in [-0.15, -0.1) is 10.2 Å². The summed E-state index contributed by atoms with van der Waals surface area (Å²) in [6, 6.07) is 0. The van der Waals surface area contributed by atoms with Crippen molar-refractivity contribution in [2.75, 3.05) is 0 Å². The van der Waals surface area contributed by atoms with E-state index in [2.05, 4.69) is 0 Å². The van der Waals surface area contributed by atoms with Gasteiger partial charge in [0.1, 0.15) is 0 Å². The summed E-state index contributed by atoms with van der Waals surface area (Å²) in [7, 11) is 0. The van der Waals surface area contributed by atoms with Crippen LogP contribution in [-0.2, 0) is 0 Å². The Morgan fingerprint density at radius 3 is 1.75 bits per heavy atom. The maximum absolute atomic E-state index is 10.2. The SMILES string of the molecule is N=C(N)N(O)N(C(=N)N)C(=O)O. The van der Waals surface area contributed by atoms with Gasteiger partial charge < -0.3 is 16.6 Å². The molecule has 12 heavy (non-hydrogen) atoms. The maximum atomic E-state index is 10.2. The fraction of sp³-hybridized carbons (Fsp3) is 0. The number of rotatable bonds is 0. The Bertz CT molecular complexity index is 212. The molecule has 0 saturated carbocycles. The van der Waals surface area contributed by atoms with Crippen molar-refractivity contribution < 1.29 is 15.1 Å². The Morgan fingerprint density at radius 1 is 1.25 bits per heavy atom. The molecule has 0 bridgehead atoms. The molecule has 68 valence electrons. The van der Waals surface area contributed by atoms with E-state index >= 15 is 0 Å². The number of hydroxylamine groups is 1. The molecule has 0 aromatic rings. The molecule has 9 nitrogen and oxygen atoms in total. The van der Waals surface area contributed by atoms with Gasteiger partial charge in [0, 0.05) is 0 Å². The fourth-order valence-electron chi connectivity index (χ4n) is 0.394. The molecule has 0 spiro atoms. The molecule has 0 saturated heterocycles. The predicted octanol–water partition coefficient (Wildman–Crippen LogP) is -1.64. The van der Waals surface area contributed by atoms with Crippen LogP contribution < -0.4 is 11.5 Å². The predicted molar refractivity (Wildman–Crippen MR) is 37.3 cm³/mol. The van der Waals surface area contributed by atoms with E-state index in [0.29, 0.717) is 0 Å². The molecule has 0 fully saturated rings. The molecule has 0 unspecified atom stereocenters. The number of hydrogen-bond donors (Lipinski definition) is 6. The van der Waals surface area contributed by atoms with Gasteiger partial charge >= 0.3 is 6.09 Å². The maximum Gasteiger partial charge on any atom is 0.435 e. The fourth-order valence-corrected chi connectivity index (χ4v) is 0.394. The van der Waals surface area contributed by atoms with Gasteiger partial charge in [0.05, 0.1) is 0 Å². The lowest BCUT2D eigenvalue weighted by atomic mass is 10.8. The summed E-state index contributed by atoms with van der Waals surface area (Å²) in [5.41, 5.74) is 9.47. The molecule has 0 radical (unpaired) electrons. The van der Waals surface area contributed by atoms with Gasteiger partial charge in [0.15, 0.2) is 0 Å². The molecule has 0 aliphatic rings. The van der Waals surface area contributed by atoms with Crippen LogP contribution in [0.4, 0.5) is 4.79 Å². The highest BCUT2D eigenvalue weighted by Crippen LogP contribution is 1.92. The van der Waals surface area contributed by atoms with Crippen molar-refractivity contribution >= 4 is 18.0 Å². The zero-order valence-corrected chi connectivity index (χ0v) is 5.85. The van der Waals surface area contributed by atoms with E-state index in [1.807, 2.05) is 0 Å². The van der Waals surface area contributed by atoms with E-state index in [4.69, 9.17) is 32.6 Å². The van der Waals surface area contributed by atoms with Gasteiger partial charge in [-0.3, -0.25) is 16.0 Å². The summed E-state index contributed by atoms with van der Waals surface area (Å²) in [6.07, 6.45) is -1.72. The summed E-state index contributed by atoms with van der Waals surface area (Å²) in [6.45, 7) is 0. The first-order chi connectivity index (χ1) is 5.37. The number of carbonyl (C=O) groups is 1. The van der Waals surface area contributed by atoms with Crippen LogP contribution in [0.3, 0.4) is 0 Å². The van der Waals surface area contributed by atoms with E-state index in [9.17, 15) is 4.79 Å². The molecule has 8 N–H and O–H groups in total. The average Bonchev–Trinajstić information content (AvgIpc) is 1.85. The normalized spacial score (nSPS) is 8.75. The van der Waals surface area contributed by atoms with Gasteiger partial charge in [0.25, 0.3) is 0 Å². The number of guanidine groups is 2. The van der Waals surface area contributed by atoms with Crippen molar-refractivity contribution in [1.29, 1.82) is 10.8 Å². The topological polar surface area (TPSA) is 164 Å². The number of nitrogens with one attached hydrogen (secondary N) is 2. The second kappa shape index (κ2) is 3.39. The molecular weight excluding hydrogens is 168 g/mol. The van der Waals surface area contributed by atoms with Crippen LogP contribution in [0.1, 0.15) is 0 Å². The molecule has 9 heteroatoms. The zero-order chi connectivity index (χ0) is 9.89. The van der Waals surface area contributed by atoms with Crippen LogP contribution in [-0.4, -0.2) is 38.5 Å². The monoisotopic (exact) mass is 176 g/mol. The number of hydrogen-bond acceptors (Lipinski definition) is 4. The van der Waals surface area contributed by atoms with E-state index in [-0.39, 0.29) is 10.2 Å². The molecule has 0 atom stereocenters. The molecule has 0 aromatic carbocycles. The number of amides is 1. The van der Waals surface area contributed by atoms with Crippen LogP contribution in [0.5, 0.6) is 0 Å². The lowest BCUT2D eigenvalue weighted by Crippen LogP contribution is -2.55. The second-order valence-electron chi connectivity index (χ2n) is 1.65. The first-order valence-electron chi connectivity index (χ1n) is 2.58. The highest BCUT2D eigenvalue weighted by Gasteiger charge is 2.23. The smallest absolute Gasteiger partial charge is 0.435 e. The van der Waals surface area contributed by atoms with Crippen molar-refractivity contribution in [3.05, 3.63) is 0 Å². The summed E-state index contributed by atoms with van der Waals surface area (Å²) < 4.78 is 0. The Kier molecular flexibility index (Phi) is 2.81. The van der Waals surface area contributed by atoms with Gasteiger partial charge in [-0.1, -0.05) is 0 Å². The van der Waals surface area contributed by atoms with E-state index in [0.717, 1.165) is 0 Å². The van der Waals surface area contributed by atoms with E-state index in [1.54, 1.807) is 0 Å². The van der Waals surface area contributed by atoms with Crippen LogP contribution >= 0.6 is 0 Å². The molecule has 0 aromatic heterocycles. The molecule has 0 rings (SSSR count). The Balaban J connectivity index is 4.63. The van der Waals surface area contributed by atoms with Crippen molar-refractivity contribution in [3.63, 3.8) is 0 Å². The first-order valence-corrected chi connectivity index (χ1v) is 2.58. The standard InChI is InChI=1S/C3H8N6O3/c4-1(5)8(3(10)11)9(12)2(6)7/h12H,(H3,4,5)(H3,6,7)(H,10,11). The molecule has 1 amide bonds. The highest BCUT2D eigenvalue weighted by molar-refractivity contribution is 5.92. The zero-order valence-electron chi connectivity index (χ0n) is 5.85.